The predicted molar refractivity (Wildman–Crippen MR) is 86.0 cm³/mol. The van der Waals surface area contributed by atoms with Crippen LogP contribution in [0.25, 0.3) is 0 Å². The van der Waals surface area contributed by atoms with Gasteiger partial charge in [0.2, 0.25) is 0 Å². The first-order valence-corrected chi connectivity index (χ1v) is 7.17. The topological polar surface area (TPSA) is 15.3 Å². The molecule has 0 aliphatic heterocycles. The molecule has 2 nitrogen and oxygen atoms in total. The van der Waals surface area contributed by atoms with Gasteiger partial charge in [0.05, 0.1) is 6.04 Å². The largest absolute Gasteiger partial charge is 0.308 e. The van der Waals surface area contributed by atoms with Crippen LogP contribution in [-0.4, -0.2) is 32.1 Å². The Balaban J connectivity index is 2.23. The Labute approximate surface area is 122 Å². The van der Waals surface area contributed by atoms with E-state index < -0.39 is 0 Å². The van der Waals surface area contributed by atoms with Gasteiger partial charge in [0.25, 0.3) is 0 Å². The van der Waals surface area contributed by atoms with Gasteiger partial charge in [-0.2, -0.15) is 0 Å². The van der Waals surface area contributed by atoms with Crippen molar-refractivity contribution in [1.82, 2.24) is 10.2 Å². The van der Waals surface area contributed by atoms with E-state index in [1.807, 2.05) is 0 Å². The minimum Gasteiger partial charge on any atom is -0.308 e. The molecule has 0 radical (unpaired) electrons. The monoisotopic (exact) mass is 268 g/mol. The number of hydrogen-bond acceptors (Lipinski definition) is 2. The quantitative estimate of drug-likeness (QED) is 0.865. The molecule has 0 saturated carbocycles. The average Bonchev–Trinajstić information content (AvgIpc) is 2.45. The second kappa shape index (κ2) is 7.22. The fraction of sp³-hybridized carbons (Fsp3) is 0.333. The summed E-state index contributed by atoms with van der Waals surface area (Å²) in [6.07, 6.45) is 0. The average molecular weight is 268 g/mol. The minimum absolute atomic E-state index is 0.261. The SMILES string of the molecule is Cc1ccccc1C(NCCN(C)C)c1ccccc1. The van der Waals surface area contributed by atoms with E-state index in [-0.39, 0.29) is 6.04 Å². The molecule has 1 atom stereocenters. The van der Waals surface area contributed by atoms with Crippen molar-refractivity contribution in [3.05, 3.63) is 71.3 Å². The van der Waals surface area contributed by atoms with Crippen molar-refractivity contribution in [2.24, 2.45) is 0 Å². The molecule has 2 rings (SSSR count). The number of nitrogens with one attached hydrogen (secondary N) is 1. The van der Waals surface area contributed by atoms with Crippen LogP contribution < -0.4 is 5.32 Å². The summed E-state index contributed by atoms with van der Waals surface area (Å²) < 4.78 is 0. The van der Waals surface area contributed by atoms with E-state index in [9.17, 15) is 0 Å². The van der Waals surface area contributed by atoms with E-state index in [0.29, 0.717) is 0 Å². The molecular formula is C18H24N2. The van der Waals surface area contributed by atoms with Gasteiger partial charge in [-0.3, -0.25) is 0 Å². The molecule has 0 aliphatic carbocycles. The second-order valence-electron chi connectivity index (χ2n) is 5.46. The van der Waals surface area contributed by atoms with Gasteiger partial charge in [-0.15, -0.1) is 0 Å². The Kier molecular flexibility index (Phi) is 5.33. The minimum atomic E-state index is 0.261. The van der Waals surface area contributed by atoms with Crippen molar-refractivity contribution >= 4 is 0 Å². The van der Waals surface area contributed by atoms with Crippen LogP contribution in [0, 0.1) is 6.92 Å². The summed E-state index contributed by atoms with van der Waals surface area (Å²) >= 11 is 0. The third kappa shape index (κ3) is 3.92. The van der Waals surface area contributed by atoms with Gasteiger partial charge < -0.3 is 10.2 Å². The molecule has 1 N–H and O–H groups in total. The van der Waals surface area contributed by atoms with Crippen molar-refractivity contribution in [1.29, 1.82) is 0 Å². The lowest BCUT2D eigenvalue weighted by molar-refractivity contribution is 0.392. The first-order chi connectivity index (χ1) is 9.68. The highest BCUT2D eigenvalue weighted by molar-refractivity contribution is 5.36. The number of benzene rings is 2. The molecular weight excluding hydrogens is 244 g/mol. The molecule has 0 saturated heterocycles. The number of aryl methyl sites for hydroxylation is 1. The summed E-state index contributed by atoms with van der Waals surface area (Å²) in [6, 6.07) is 19.5. The van der Waals surface area contributed by atoms with E-state index in [4.69, 9.17) is 0 Å². The van der Waals surface area contributed by atoms with Crippen LogP contribution in [-0.2, 0) is 0 Å². The van der Waals surface area contributed by atoms with Gasteiger partial charge in [0, 0.05) is 13.1 Å². The molecule has 0 heterocycles. The lowest BCUT2D eigenvalue weighted by Gasteiger charge is -2.22. The Morgan fingerprint density at radius 2 is 1.60 bits per heavy atom. The standard InChI is InChI=1S/C18H24N2/c1-15-9-7-8-12-17(15)18(19-13-14-20(2)3)16-10-5-4-6-11-16/h4-12,18-19H,13-14H2,1-3H3. The van der Waals surface area contributed by atoms with Crippen LogP contribution >= 0.6 is 0 Å². The first kappa shape index (κ1) is 14.8. The van der Waals surface area contributed by atoms with Gasteiger partial charge in [0.15, 0.2) is 0 Å². The molecule has 0 aromatic heterocycles. The Bertz CT molecular complexity index is 520. The Morgan fingerprint density at radius 3 is 2.25 bits per heavy atom. The van der Waals surface area contributed by atoms with E-state index in [2.05, 4.69) is 85.8 Å². The lowest BCUT2D eigenvalue weighted by Crippen LogP contribution is -2.30. The number of hydrogen-bond donors (Lipinski definition) is 1. The summed E-state index contributed by atoms with van der Waals surface area (Å²) in [4.78, 5) is 2.20. The maximum atomic E-state index is 3.68. The predicted octanol–water partition coefficient (Wildman–Crippen LogP) is 3.24. The molecule has 0 aliphatic rings. The first-order valence-electron chi connectivity index (χ1n) is 7.17. The highest BCUT2D eigenvalue weighted by Crippen LogP contribution is 2.24. The van der Waals surface area contributed by atoms with Crippen LogP contribution in [0.2, 0.25) is 0 Å². The van der Waals surface area contributed by atoms with Crippen LogP contribution in [0.4, 0.5) is 0 Å². The summed E-state index contributed by atoms with van der Waals surface area (Å²) in [6.45, 7) is 4.19. The fourth-order valence-corrected chi connectivity index (χ4v) is 2.40. The third-order valence-electron chi connectivity index (χ3n) is 3.54. The van der Waals surface area contributed by atoms with Crippen molar-refractivity contribution in [2.45, 2.75) is 13.0 Å². The van der Waals surface area contributed by atoms with Crippen LogP contribution in [0.5, 0.6) is 0 Å². The van der Waals surface area contributed by atoms with Gasteiger partial charge in [-0.05, 0) is 37.7 Å². The molecule has 0 bridgehead atoms. The summed E-state index contributed by atoms with van der Waals surface area (Å²) in [5.74, 6) is 0. The summed E-state index contributed by atoms with van der Waals surface area (Å²) in [5.41, 5.74) is 4.01. The lowest BCUT2D eigenvalue weighted by atomic mass is 9.95. The maximum Gasteiger partial charge on any atom is 0.0579 e. The highest BCUT2D eigenvalue weighted by Gasteiger charge is 2.14. The van der Waals surface area contributed by atoms with Gasteiger partial charge in [-0.25, -0.2) is 0 Å². The Morgan fingerprint density at radius 1 is 0.950 bits per heavy atom. The fourth-order valence-electron chi connectivity index (χ4n) is 2.40. The van der Waals surface area contributed by atoms with Gasteiger partial charge in [-0.1, -0.05) is 54.6 Å². The smallest absolute Gasteiger partial charge is 0.0579 e. The summed E-state index contributed by atoms with van der Waals surface area (Å²) in [5, 5.41) is 3.68. The zero-order valence-corrected chi connectivity index (χ0v) is 12.6. The summed E-state index contributed by atoms with van der Waals surface area (Å²) in [7, 11) is 4.21. The van der Waals surface area contributed by atoms with Gasteiger partial charge in [0.1, 0.15) is 0 Å². The zero-order chi connectivity index (χ0) is 14.4. The molecule has 106 valence electrons. The maximum absolute atomic E-state index is 3.68. The normalized spacial score (nSPS) is 12.6. The molecule has 2 aromatic rings. The number of likely N-dealkylation sites (N-methyl/N-ethyl adjacent to an activating group) is 1. The van der Waals surface area contributed by atoms with E-state index in [1.165, 1.54) is 16.7 Å². The second-order valence-corrected chi connectivity index (χ2v) is 5.46. The van der Waals surface area contributed by atoms with Crippen molar-refractivity contribution < 1.29 is 0 Å². The Hall–Kier alpha value is -1.64. The van der Waals surface area contributed by atoms with E-state index >= 15 is 0 Å². The number of rotatable bonds is 6. The van der Waals surface area contributed by atoms with E-state index in [1.54, 1.807) is 0 Å². The van der Waals surface area contributed by atoms with Crippen molar-refractivity contribution in [3.8, 4) is 0 Å². The molecule has 0 fully saturated rings. The van der Waals surface area contributed by atoms with Crippen LogP contribution in [0.3, 0.4) is 0 Å². The molecule has 20 heavy (non-hydrogen) atoms. The molecule has 0 spiro atoms. The molecule has 2 heteroatoms. The van der Waals surface area contributed by atoms with Crippen molar-refractivity contribution in [3.63, 3.8) is 0 Å². The zero-order valence-electron chi connectivity index (χ0n) is 12.6. The van der Waals surface area contributed by atoms with E-state index in [0.717, 1.165) is 13.1 Å². The molecule has 1 unspecified atom stereocenters. The number of nitrogens with zero attached hydrogens (tertiary/aromatic N) is 1. The van der Waals surface area contributed by atoms with Gasteiger partial charge >= 0.3 is 0 Å². The highest BCUT2D eigenvalue weighted by atomic mass is 15.1. The van der Waals surface area contributed by atoms with Crippen LogP contribution in [0.1, 0.15) is 22.7 Å². The van der Waals surface area contributed by atoms with Crippen molar-refractivity contribution in [2.75, 3.05) is 27.2 Å². The molecule has 0 amide bonds. The molecule has 2 aromatic carbocycles. The third-order valence-corrected chi connectivity index (χ3v) is 3.54. The van der Waals surface area contributed by atoms with Crippen LogP contribution in [0.15, 0.2) is 54.6 Å².